The van der Waals surface area contributed by atoms with E-state index in [1.807, 2.05) is 12.1 Å². The van der Waals surface area contributed by atoms with Crippen molar-refractivity contribution in [2.75, 3.05) is 26.9 Å². The van der Waals surface area contributed by atoms with Crippen LogP contribution in [0.5, 0.6) is 11.5 Å². The smallest absolute Gasteiger partial charge is 0.164 e. The van der Waals surface area contributed by atoms with Crippen molar-refractivity contribution in [1.82, 2.24) is 10.2 Å². The first kappa shape index (κ1) is 13.1. The predicted molar refractivity (Wildman–Crippen MR) is 77.6 cm³/mol. The second kappa shape index (κ2) is 5.63. The summed E-state index contributed by atoms with van der Waals surface area (Å²) in [5.41, 5.74) is 8.15. The number of ether oxygens (including phenoxy) is 2. The fraction of sp³-hybridized carbons (Fsp3) is 0.467. The van der Waals surface area contributed by atoms with Gasteiger partial charge in [0.2, 0.25) is 0 Å². The van der Waals surface area contributed by atoms with E-state index in [1.165, 1.54) is 11.3 Å². The minimum absolute atomic E-state index is 0.349. The van der Waals surface area contributed by atoms with Crippen molar-refractivity contribution in [1.29, 1.82) is 0 Å². The highest BCUT2D eigenvalue weighted by molar-refractivity contribution is 5.48. The molecule has 2 heterocycles. The summed E-state index contributed by atoms with van der Waals surface area (Å²) in [6.45, 7) is 2.18. The van der Waals surface area contributed by atoms with Gasteiger partial charge >= 0.3 is 0 Å². The first-order valence-corrected chi connectivity index (χ1v) is 7.01. The molecule has 5 heteroatoms. The second-order valence-electron chi connectivity index (χ2n) is 5.12. The molecule has 2 aliphatic heterocycles. The molecule has 0 unspecified atom stereocenters. The Balaban J connectivity index is 1.77. The fourth-order valence-corrected chi connectivity index (χ4v) is 2.91. The van der Waals surface area contributed by atoms with Crippen molar-refractivity contribution in [3.63, 3.8) is 0 Å². The Labute approximate surface area is 119 Å². The van der Waals surface area contributed by atoms with Gasteiger partial charge in [-0.3, -0.25) is 0 Å². The molecule has 5 nitrogen and oxygen atoms in total. The summed E-state index contributed by atoms with van der Waals surface area (Å²) in [5, 5.41) is 3.28. The predicted octanol–water partition coefficient (Wildman–Crippen LogP) is 1.05. The molecular formula is C15H21N3O2. The van der Waals surface area contributed by atoms with Crippen LogP contribution in [0, 0.1) is 0 Å². The molecule has 0 saturated carbocycles. The molecule has 0 spiro atoms. The average molecular weight is 275 g/mol. The lowest BCUT2D eigenvalue weighted by molar-refractivity contribution is 0.148. The molecule has 0 bridgehead atoms. The van der Waals surface area contributed by atoms with Gasteiger partial charge in [0.05, 0.1) is 19.8 Å². The standard InChI is InChI=1S/C15H21N3O2/c1-19-14-4-2-3-11-7-13(9-20-15(11)14)18-10-17-8-12(18)5-6-16/h2-4,8,13,17H,5-7,9-10,16H2,1H3/t13-/m1/s1. The zero-order valence-electron chi connectivity index (χ0n) is 11.8. The molecule has 1 aromatic carbocycles. The molecule has 3 N–H and O–H groups in total. The van der Waals surface area contributed by atoms with Gasteiger partial charge in [0.15, 0.2) is 11.5 Å². The molecular weight excluding hydrogens is 254 g/mol. The van der Waals surface area contributed by atoms with Crippen molar-refractivity contribution in [2.24, 2.45) is 5.73 Å². The third kappa shape index (κ3) is 2.29. The van der Waals surface area contributed by atoms with E-state index >= 15 is 0 Å². The van der Waals surface area contributed by atoms with E-state index in [2.05, 4.69) is 22.5 Å². The number of nitrogens with zero attached hydrogens (tertiary/aromatic N) is 1. The number of methoxy groups -OCH3 is 1. The summed E-state index contributed by atoms with van der Waals surface area (Å²) >= 11 is 0. The average Bonchev–Trinajstić information content (AvgIpc) is 2.94. The molecule has 1 atom stereocenters. The van der Waals surface area contributed by atoms with Crippen LogP contribution in [-0.2, 0) is 6.42 Å². The molecule has 0 aliphatic carbocycles. The Hall–Kier alpha value is -1.88. The van der Waals surface area contributed by atoms with Crippen molar-refractivity contribution in [3.05, 3.63) is 35.7 Å². The Bertz CT molecular complexity index is 516. The van der Waals surface area contributed by atoms with Gasteiger partial charge in [-0.05, 0) is 19.0 Å². The zero-order chi connectivity index (χ0) is 13.9. The highest BCUT2D eigenvalue weighted by atomic mass is 16.5. The Kier molecular flexibility index (Phi) is 3.69. The molecule has 0 fully saturated rings. The first-order chi connectivity index (χ1) is 9.83. The second-order valence-corrected chi connectivity index (χ2v) is 5.12. The van der Waals surface area contributed by atoms with Gasteiger partial charge in [0.25, 0.3) is 0 Å². The number of nitrogens with one attached hydrogen (secondary N) is 1. The lowest BCUT2D eigenvalue weighted by Crippen LogP contribution is -2.43. The molecule has 0 amide bonds. The highest BCUT2D eigenvalue weighted by Gasteiger charge is 2.29. The van der Waals surface area contributed by atoms with Crippen molar-refractivity contribution < 1.29 is 9.47 Å². The number of hydrogen-bond acceptors (Lipinski definition) is 5. The summed E-state index contributed by atoms with van der Waals surface area (Å²) < 4.78 is 11.3. The van der Waals surface area contributed by atoms with Crippen molar-refractivity contribution in [2.45, 2.75) is 18.9 Å². The Morgan fingerprint density at radius 3 is 3.20 bits per heavy atom. The van der Waals surface area contributed by atoms with E-state index in [0.717, 1.165) is 31.0 Å². The van der Waals surface area contributed by atoms with E-state index in [9.17, 15) is 0 Å². The van der Waals surface area contributed by atoms with Gasteiger partial charge in [-0.1, -0.05) is 12.1 Å². The molecule has 108 valence electrons. The van der Waals surface area contributed by atoms with Crippen LogP contribution in [-0.4, -0.2) is 37.9 Å². The van der Waals surface area contributed by atoms with Gasteiger partial charge < -0.3 is 25.4 Å². The van der Waals surface area contributed by atoms with Gasteiger partial charge in [-0.25, -0.2) is 0 Å². The number of hydrogen-bond donors (Lipinski definition) is 2. The van der Waals surface area contributed by atoms with E-state index in [4.69, 9.17) is 15.2 Å². The summed E-state index contributed by atoms with van der Waals surface area (Å²) in [6.07, 6.45) is 3.93. The maximum atomic E-state index is 5.94. The van der Waals surface area contributed by atoms with Crippen LogP contribution in [0.25, 0.3) is 0 Å². The normalized spacial score (nSPS) is 20.8. The van der Waals surface area contributed by atoms with Crippen molar-refractivity contribution >= 4 is 0 Å². The van der Waals surface area contributed by atoms with E-state index in [0.29, 0.717) is 19.2 Å². The summed E-state index contributed by atoms with van der Waals surface area (Å²) in [7, 11) is 1.68. The van der Waals surface area contributed by atoms with Crippen LogP contribution in [0.2, 0.25) is 0 Å². The summed E-state index contributed by atoms with van der Waals surface area (Å²) in [6, 6.07) is 6.42. The minimum atomic E-state index is 0.349. The number of nitrogens with two attached hydrogens (primary N) is 1. The topological polar surface area (TPSA) is 59.8 Å². The Morgan fingerprint density at radius 2 is 2.40 bits per heavy atom. The maximum Gasteiger partial charge on any atom is 0.164 e. The third-order valence-electron chi connectivity index (χ3n) is 3.90. The van der Waals surface area contributed by atoms with Crippen LogP contribution >= 0.6 is 0 Å². The number of fused-ring (bicyclic) bond motifs is 1. The van der Waals surface area contributed by atoms with Crippen molar-refractivity contribution in [3.8, 4) is 11.5 Å². The fourth-order valence-electron chi connectivity index (χ4n) is 2.91. The van der Waals surface area contributed by atoms with Gasteiger partial charge in [-0.2, -0.15) is 0 Å². The maximum absolute atomic E-state index is 5.94. The van der Waals surface area contributed by atoms with E-state index < -0.39 is 0 Å². The summed E-state index contributed by atoms with van der Waals surface area (Å²) in [5.74, 6) is 1.71. The lowest BCUT2D eigenvalue weighted by Gasteiger charge is -2.35. The molecule has 20 heavy (non-hydrogen) atoms. The lowest BCUT2D eigenvalue weighted by atomic mass is 10.0. The number of para-hydroxylation sites is 1. The quantitative estimate of drug-likeness (QED) is 0.860. The Morgan fingerprint density at radius 1 is 1.50 bits per heavy atom. The molecule has 0 saturated heterocycles. The van der Waals surface area contributed by atoms with E-state index in [-0.39, 0.29) is 0 Å². The van der Waals surface area contributed by atoms with Crippen LogP contribution in [0.1, 0.15) is 12.0 Å². The van der Waals surface area contributed by atoms with Crippen LogP contribution in [0.3, 0.4) is 0 Å². The highest BCUT2D eigenvalue weighted by Crippen LogP contribution is 2.36. The number of benzene rings is 1. The first-order valence-electron chi connectivity index (χ1n) is 7.01. The SMILES string of the molecule is COc1cccc2c1OC[C@H](N1CNC=C1CCN)C2. The molecule has 0 radical (unpaired) electrons. The molecule has 1 aromatic rings. The van der Waals surface area contributed by atoms with Gasteiger partial charge in [0.1, 0.15) is 6.61 Å². The zero-order valence-corrected chi connectivity index (χ0v) is 11.8. The summed E-state index contributed by atoms with van der Waals surface area (Å²) in [4.78, 5) is 2.36. The molecule has 2 aliphatic rings. The van der Waals surface area contributed by atoms with Gasteiger partial charge in [-0.15, -0.1) is 0 Å². The monoisotopic (exact) mass is 275 g/mol. The molecule has 3 rings (SSSR count). The van der Waals surface area contributed by atoms with Crippen LogP contribution < -0.4 is 20.5 Å². The van der Waals surface area contributed by atoms with Crippen LogP contribution in [0.4, 0.5) is 0 Å². The number of rotatable bonds is 4. The van der Waals surface area contributed by atoms with Crippen LogP contribution in [0.15, 0.2) is 30.1 Å². The largest absolute Gasteiger partial charge is 0.493 e. The minimum Gasteiger partial charge on any atom is -0.493 e. The third-order valence-corrected chi connectivity index (χ3v) is 3.90. The molecule has 0 aromatic heterocycles. The van der Waals surface area contributed by atoms with E-state index in [1.54, 1.807) is 7.11 Å². The van der Waals surface area contributed by atoms with Gasteiger partial charge in [0, 0.05) is 23.9 Å².